The van der Waals surface area contributed by atoms with E-state index < -0.39 is 0 Å². The molecule has 96 valence electrons. The maximum absolute atomic E-state index is 11.7. The monoisotopic (exact) mass is 246 g/mol. The Bertz CT molecular complexity index is 423. The summed E-state index contributed by atoms with van der Waals surface area (Å²) in [6, 6.07) is 10.2. The first kappa shape index (κ1) is 12.6. The van der Waals surface area contributed by atoms with Gasteiger partial charge in [0.05, 0.1) is 6.42 Å². The molecule has 1 heterocycles. The molecule has 0 unspecified atom stereocenters. The van der Waals surface area contributed by atoms with Crippen LogP contribution in [-0.4, -0.2) is 42.8 Å². The van der Waals surface area contributed by atoms with Crippen LogP contribution >= 0.6 is 0 Å². The van der Waals surface area contributed by atoms with Crippen molar-refractivity contribution in [3.63, 3.8) is 0 Å². The molecule has 1 aliphatic rings. The first-order valence-electron chi connectivity index (χ1n) is 6.24. The van der Waals surface area contributed by atoms with Gasteiger partial charge in [-0.1, -0.05) is 18.2 Å². The van der Waals surface area contributed by atoms with Crippen LogP contribution in [0.4, 0.5) is 5.69 Å². The number of hydrogen-bond donors (Lipinski definition) is 0. The topological polar surface area (TPSA) is 40.6 Å². The molecular weight excluding hydrogens is 228 g/mol. The first-order valence-corrected chi connectivity index (χ1v) is 6.24. The minimum Gasteiger partial charge on any atom is -0.368 e. The van der Waals surface area contributed by atoms with Crippen LogP contribution in [0.3, 0.4) is 0 Å². The largest absolute Gasteiger partial charge is 0.368 e. The summed E-state index contributed by atoms with van der Waals surface area (Å²) in [5.74, 6) is -0.110. The quantitative estimate of drug-likeness (QED) is 0.755. The summed E-state index contributed by atoms with van der Waals surface area (Å²) in [6.07, 6.45) is 0.0331. The second-order valence-electron chi connectivity index (χ2n) is 4.58. The number of amides is 1. The highest BCUT2D eigenvalue weighted by molar-refractivity contribution is 5.96. The van der Waals surface area contributed by atoms with Gasteiger partial charge in [-0.05, 0) is 19.1 Å². The van der Waals surface area contributed by atoms with Crippen LogP contribution in [0.5, 0.6) is 0 Å². The molecule has 2 rings (SSSR count). The van der Waals surface area contributed by atoms with Gasteiger partial charge < -0.3 is 9.80 Å². The number of benzene rings is 1. The number of hydrogen-bond acceptors (Lipinski definition) is 3. The van der Waals surface area contributed by atoms with E-state index in [-0.39, 0.29) is 18.1 Å². The number of anilines is 1. The van der Waals surface area contributed by atoms with Gasteiger partial charge in [0.25, 0.3) is 0 Å². The Kier molecular flexibility index (Phi) is 3.97. The fourth-order valence-electron chi connectivity index (χ4n) is 2.18. The third-order valence-electron chi connectivity index (χ3n) is 3.15. The van der Waals surface area contributed by atoms with E-state index in [4.69, 9.17) is 0 Å². The highest BCUT2D eigenvalue weighted by Crippen LogP contribution is 2.15. The SMILES string of the molecule is CC(=O)CC(=O)N1CCN(c2ccccc2)CC1. The van der Waals surface area contributed by atoms with Crippen molar-refractivity contribution in [3.05, 3.63) is 30.3 Å². The van der Waals surface area contributed by atoms with E-state index >= 15 is 0 Å². The Morgan fingerprint density at radius 2 is 1.67 bits per heavy atom. The molecule has 4 nitrogen and oxygen atoms in total. The van der Waals surface area contributed by atoms with Crippen molar-refractivity contribution in [1.82, 2.24) is 4.90 Å². The Morgan fingerprint density at radius 3 is 2.22 bits per heavy atom. The summed E-state index contributed by atoms with van der Waals surface area (Å²) in [5.41, 5.74) is 1.19. The molecule has 0 spiro atoms. The predicted octanol–water partition coefficient (Wildman–Crippen LogP) is 1.31. The summed E-state index contributed by atoms with van der Waals surface area (Å²) in [4.78, 5) is 26.7. The molecule has 0 radical (unpaired) electrons. The highest BCUT2D eigenvalue weighted by Gasteiger charge is 2.21. The Balaban J connectivity index is 1.88. The summed E-state index contributed by atoms with van der Waals surface area (Å²) in [5, 5.41) is 0. The van der Waals surface area contributed by atoms with Crippen LogP contribution in [0.25, 0.3) is 0 Å². The summed E-state index contributed by atoms with van der Waals surface area (Å²) in [7, 11) is 0. The molecule has 1 fully saturated rings. The van der Waals surface area contributed by atoms with Crippen molar-refractivity contribution in [2.45, 2.75) is 13.3 Å². The molecule has 1 amide bonds. The van der Waals surface area contributed by atoms with Gasteiger partial charge in [-0.15, -0.1) is 0 Å². The Morgan fingerprint density at radius 1 is 1.06 bits per heavy atom. The zero-order valence-electron chi connectivity index (χ0n) is 10.6. The van der Waals surface area contributed by atoms with Gasteiger partial charge in [0.2, 0.25) is 5.91 Å². The molecule has 0 bridgehead atoms. The number of Topliss-reactive ketones (excluding diaryl/α,β-unsaturated/α-hetero) is 1. The number of piperazine rings is 1. The molecular formula is C14H18N2O2. The standard InChI is InChI=1S/C14H18N2O2/c1-12(17)11-14(18)16-9-7-15(8-10-16)13-5-3-2-4-6-13/h2-6H,7-11H2,1H3. The average Bonchev–Trinajstić information content (AvgIpc) is 2.39. The highest BCUT2D eigenvalue weighted by atomic mass is 16.2. The number of carbonyl (C=O) groups is 2. The number of ketones is 1. The molecule has 1 saturated heterocycles. The normalized spacial score (nSPS) is 15.6. The van der Waals surface area contributed by atoms with Crippen molar-refractivity contribution in [3.8, 4) is 0 Å². The third-order valence-corrected chi connectivity index (χ3v) is 3.15. The fraction of sp³-hybridized carbons (Fsp3) is 0.429. The number of carbonyl (C=O) groups excluding carboxylic acids is 2. The number of rotatable bonds is 3. The average molecular weight is 246 g/mol. The van der Waals surface area contributed by atoms with Crippen LogP contribution < -0.4 is 4.90 Å². The zero-order valence-corrected chi connectivity index (χ0v) is 10.6. The van der Waals surface area contributed by atoms with Crippen LogP contribution in [0.2, 0.25) is 0 Å². The molecule has 0 aliphatic carbocycles. The number of nitrogens with zero attached hydrogens (tertiary/aromatic N) is 2. The molecule has 0 N–H and O–H groups in total. The van der Waals surface area contributed by atoms with E-state index in [1.54, 1.807) is 4.90 Å². The lowest BCUT2D eigenvalue weighted by Gasteiger charge is -2.36. The van der Waals surface area contributed by atoms with Gasteiger partial charge >= 0.3 is 0 Å². The molecule has 1 aromatic carbocycles. The maximum atomic E-state index is 11.7. The molecule has 18 heavy (non-hydrogen) atoms. The molecule has 0 saturated carbocycles. The molecule has 4 heteroatoms. The van der Waals surface area contributed by atoms with Crippen molar-refractivity contribution >= 4 is 17.4 Å². The van der Waals surface area contributed by atoms with Gasteiger partial charge in [-0.2, -0.15) is 0 Å². The second-order valence-corrected chi connectivity index (χ2v) is 4.58. The lowest BCUT2D eigenvalue weighted by atomic mass is 10.2. The van der Waals surface area contributed by atoms with E-state index in [1.165, 1.54) is 12.6 Å². The Hall–Kier alpha value is -1.84. The Labute approximate surface area is 107 Å². The van der Waals surface area contributed by atoms with Crippen molar-refractivity contribution in [2.75, 3.05) is 31.1 Å². The van der Waals surface area contributed by atoms with E-state index in [9.17, 15) is 9.59 Å². The van der Waals surface area contributed by atoms with Gasteiger partial charge in [-0.25, -0.2) is 0 Å². The van der Waals surface area contributed by atoms with Crippen molar-refractivity contribution < 1.29 is 9.59 Å². The number of para-hydroxylation sites is 1. The molecule has 0 aromatic heterocycles. The van der Waals surface area contributed by atoms with E-state index in [0.29, 0.717) is 13.1 Å². The van der Waals surface area contributed by atoms with Crippen LogP contribution in [0, 0.1) is 0 Å². The zero-order chi connectivity index (χ0) is 13.0. The molecule has 1 aliphatic heterocycles. The minimum atomic E-state index is -0.0644. The van der Waals surface area contributed by atoms with Gasteiger partial charge in [-0.3, -0.25) is 9.59 Å². The van der Waals surface area contributed by atoms with Crippen LogP contribution in [0.15, 0.2) is 30.3 Å². The molecule has 0 atom stereocenters. The van der Waals surface area contributed by atoms with E-state index in [2.05, 4.69) is 17.0 Å². The summed E-state index contributed by atoms with van der Waals surface area (Å²) >= 11 is 0. The van der Waals surface area contributed by atoms with Crippen LogP contribution in [0.1, 0.15) is 13.3 Å². The predicted molar refractivity (Wildman–Crippen MR) is 70.5 cm³/mol. The molecule has 1 aromatic rings. The van der Waals surface area contributed by atoms with Gasteiger partial charge in [0.15, 0.2) is 0 Å². The van der Waals surface area contributed by atoms with E-state index in [0.717, 1.165) is 13.1 Å². The lowest BCUT2D eigenvalue weighted by molar-refractivity contribution is -0.135. The van der Waals surface area contributed by atoms with Crippen molar-refractivity contribution in [1.29, 1.82) is 0 Å². The summed E-state index contributed by atoms with van der Waals surface area (Å²) < 4.78 is 0. The smallest absolute Gasteiger partial charge is 0.230 e. The van der Waals surface area contributed by atoms with Gasteiger partial charge in [0, 0.05) is 31.9 Å². The lowest BCUT2D eigenvalue weighted by Crippen LogP contribution is -2.49. The fourth-order valence-corrected chi connectivity index (χ4v) is 2.18. The van der Waals surface area contributed by atoms with Gasteiger partial charge in [0.1, 0.15) is 5.78 Å². The maximum Gasteiger partial charge on any atom is 0.230 e. The van der Waals surface area contributed by atoms with Crippen molar-refractivity contribution in [2.24, 2.45) is 0 Å². The first-order chi connectivity index (χ1) is 8.66. The van der Waals surface area contributed by atoms with E-state index in [1.807, 2.05) is 18.2 Å². The minimum absolute atomic E-state index is 0.0331. The van der Waals surface area contributed by atoms with Crippen LogP contribution in [-0.2, 0) is 9.59 Å². The third kappa shape index (κ3) is 3.09. The summed E-state index contributed by atoms with van der Waals surface area (Å²) in [6.45, 7) is 4.50. The second kappa shape index (κ2) is 5.67.